The van der Waals surface area contributed by atoms with E-state index in [4.69, 9.17) is 4.74 Å². The van der Waals surface area contributed by atoms with Crippen molar-refractivity contribution in [2.75, 3.05) is 25.0 Å². The smallest absolute Gasteiger partial charge is 0.309 e. The van der Waals surface area contributed by atoms with Crippen LogP contribution in [0.25, 0.3) is 0 Å². The molecule has 0 aliphatic carbocycles. The van der Waals surface area contributed by atoms with Gasteiger partial charge in [0.15, 0.2) is 0 Å². The maximum Gasteiger partial charge on any atom is 0.309 e. The van der Waals surface area contributed by atoms with Gasteiger partial charge in [0.1, 0.15) is 5.00 Å². The molecule has 3 aromatic rings. The molecule has 0 radical (unpaired) electrons. The maximum atomic E-state index is 13.0. The molecule has 0 bridgehead atoms. The van der Waals surface area contributed by atoms with Gasteiger partial charge in [0.25, 0.3) is 5.91 Å². The summed E-state index contributed by atoms with van der Waals surface area (Å²) < 4.78 is 5.27. The normalized spacial score (nSPS) is 15.6. The van der Waals surface area contributed by atoms with Crippen LogP contribution in [-0.4, -0.2) is 36.5 Å². The number of carbonyl (C=O) groups is 2. The van der Waals surface area contributed by atoms with Crippen molar-refractivity contribution in [3.63, 3.8) is 0 Å². The second-order valence-corrected chi connectivity index (χ2v) is 9.95. The van der Waals surface area contributed by atoms with Crippen molar-refractivity contribution in [1.82, 2.24) is 4.90 Å². The first kappa shape index (κ1) is 24.2. The number of rotatable bonds is 7. The van der Waals surface area contributed by atoms with Crippen LogP contribution < -0.4 is 5.32 Å². The summed E-state index contributed by atoms with van der Waals surface area (Å²) in [6.07, 6.45) is 1.55. The number of hydrogen-bond donors (Lipinski definition) is 1. The van der Waals surface area contributed by atoms with Crippen LogP contribution in [-0.2, 0) is 9.53 Å². The number of nitrogens with zero attached hydrogens (tertiary/aromatic N) is 1. The van der Waals surface area contributed by atoms with Gasteiger partial charge < -0.3 is 10.1 Å². The number of anilines is 1. The van der Waals surface area contributed by atoms with Crippen LogP contribution in [0.15, 0.2) is 60.7 Å². The Kier molecular flexibility index (Phi) is 7.80. The number of esters is 1. The molecule has 1 N–H and O–H groups in total. The maximum absolute atomic E-state index is 13.0. The summed E-state index contributed by atoms with van der Waals surface area (Å²) in [4.78, 5) is 29.0. The molecule has 2 aromatic carbocycles. The summed E-state index contributed by atoms with van der Waals surface area (Å²) in [6, 6.07) is 19.8. The summed E-state index contributed by atoms with van der Waals surface area (Å²) >= 11 is 1.63. The highest BCUT2D eigenvalue weighted by molar-refractivity contribution is 7.16. The number of nitrogens with one attached hydrogen (secondary N) is 1. The zero-order valence-electron chi connectivity index (χ0n) is 20.0. The Morgan fingerprint density at radius 2 is 1.65 bits per heavy atom. The van der Waals surface area contributed by atoms with E-state index in [0.717, 1.165) is 36.5 Å². The Labute approximate surface area is 205 Å². The number of aryl methyl sites for hydroxylation is 1. The zero-order valence-corrected chi connectivity index (χ0v) is 20.9. The fourth-order valence-corrected chi connectivity index (χ4v) is 5.77. The van der Waals surface area contributed by atoms with E-state index in [1.165, 1.54) is 16.0 Å². The lowest BCUT2D eigenvalue weighted by atomic mass is 9.90. The van der Waals surface area contributed by atoms with E-state index in [1.807, 2.05) is 43.3 Å². The molecular weight excluding hydrogens is 444 g/mol. The number of amides is 1. The van der Waals surface area contributed by atoms with Gasteiger partial charge in [0.05, 0.1) is 18.6 Å². The summed E-state index contributed by atoms with van der Waals surface area (Å²) in [6.45, 7) is 8.11. The average molecular weight is 477 g/mol. The molecule has 4 rings (SSSR count). The topological polar surface area (TPSA) is 58.6 Å². The van der Waals surface area contributed by atoms with Gasteiger partial charge in [0.2, 0.25) is 0 Å². The largest absolute Gasteiger partial charge is 0.466 e. The SMILES string of the molecule is CCOC(=O)C1CCN([C@H](c2ccccc2)c2c(NC(=O)c3ccccc3)sc(C)c2C)CC1. The second-order valence-electron chi connectivity index (χ2n) is 8.72. The predicted octanol–water partition coefficient (Wildman–Crippen LogP) is 5.98. The third-order valence-corrected chi connectivity index (χ3v) is 7.74. The third-order valence-electron chi connectivity index (χ3n) is 6.60. The molecule has 5 nitrogen and oxygen atoms in total. The molecule has 1 amide bonds. The zero-order chi connectivity index (χ0) is 24.1. The Morgan fingerprint density at radius 3 is 2.26 bits per heavy atom. The lowest BCUT2D eigenvalue weighted by molar-refractivity contribution is -0.149. The fraction of sp³-hybridized carbons (Fsp3) is 0.357. The van der Waals surface area contributed by atoms with E-state index >= 15 is 0 Å². The third kappa shape index (κ3) is 5.24. The number of piperidine rings is 1. The molecule has 1 aliphatic heterocycles. The van der Waals surface area contributed by atoms with Gasteiger partial charge >= 0.3 is 5.97 Å². The lowest BCUT2D eigenvalue weighted by Crippen LogP contribution is -2.40. The molecule has 1 fully saturated rings. The average Bonchev–Trinajstić information content (AvgIpc) is 3.14. The molecule has 0 saturated carbocycles. The Morgan fingerprint density at radius 1 is 1.03 bits per heavy atom. The number of ether oxygens (including phenoxy) is 1. The van der Waals surface area contributed by atoms with Gasteiger partial charge in [0, 0.05) is 16.0 Å². The van der Waals surface area contributed by atoms with Crippen molar-refractivity contribution >= 4 is 28.2 Å². The minimum Gasteiger partial charge on any atom is -0.466 e. The molecule has 1 saturated heterocycles. The molecule has 178 valence electrons. The van der Waals surface area contributed by atoms with E-state index in [1.54, 1.807) is 11.3 Å². The number of hydrogen-bond acceptors (Lipinski definition) is 5. The number of likely N-dealkylation sites (tertiary alicyclic amines) is 1. The van der Waals surface area contributed by atoms with Crippen LogP contribution in [0, 0.1) is 19.8 Å². The Bertz CT molecular complexity index is 1120. The second kappa shape index (κ2) is 11.0. The highest BCUT2D eigenvalue weighted by atomic mass is 32.1. The van der Waals surface area contributed by atoms with Gasteiger partial charge in [-0.05, 0) is 70.0 Å². The Hall–Kier alpha value is -2.96. The minimum absolute atomic E-state index is 0.000342. The highest BCUT2D eigenvalue weighted by Crippen LogP contribution is 2.43. The molecule has 1 aromatic heterocycles. The quantitative estimate of drug-likeness (QED) is 0.426. The summed E-state index contributed by atoms with van der Waals surface area (Å²) in [5, 5.41) is 4.09. The fourth-order valence-electron chi connectivity index (χ4n) is 4.68. The van der Waals surface area contributed by atoms with Gasteiger partial charge in [-0.2, -0.15) is 0 Å². The monoisotopic (exact) mass is 476 g/mol. The first-order valence-electron chi connectivity index (χ1n) is 11.9. The molecule has 2 heterocycles. The van der Waals surface area contributed by atoms with Gasteiger partial charge in [-0.1, -0.05) is 48.5 Å². The lowest BCUT2D eigenvalue weighted by Gasteiger charge is -2.38. The van der Waals surface area contributed by atoms with Crippen LogP contribution >= 0.6 is 11.3 Å². The molecule has 6 heteroatoms. The number of benzene rings is 2. The van der Waals surface area contributed by atoms with Crippen LogP contribution in [0.2, 0.25) is 0 Å². The van der Waals surface area contributed by atoms with Crippen molar-refractivity contribution in [2.45, 2.75) is 39.7 Å². The van der Waals surface area contributed by atoms with E-state index < -0.39 is 0 Å². The van der Waals surface area contributed by atoms with Crippen LogP contribution in [0.1, 0.15) is 57.7 Å². The van der Waals surface area contributed by atoms with Gasteiger partial charge in [-0.3, -0.25) is 14.5 Å². The van der Waals surface area contributed by atoms with Crippen molar-refractivity contribution in [3.8, 4) is 0 Å². The molecule has 1 aliphatic rings. The molecule has 0 spiro atoms. The predicted molar refractivity (Wildman–Crippen MR) is 137 cm³/mol. The number of carbonyl (C=O) groups excluding carboxylic acids is 2. The number of thiophene rings is 1. The standard InChI is InChI=1S/C28H32N2O3S/c1-4-33-28(32)23-15-17-30(18-16-23)25(21-11-7-5-8-12-21)24-19(2)20(3)34-27(24)29-26(31)22-13-9-6-10-14-22/h5-14,23,25H,4,15-18H2,1-3H3,(H,29,31)/t25-/m1/s1. The highest BCUT2D eigenvalue weighted by Gasteiger charge is 2.34. The Balaban J connectivity index is 1.67. The summed E-state index contributed by atoms with van der Waals surface area (Å²) in [7, 11) is 0. The first-order valence-corrected chi connectivity index (χ1v) is 12.7. The van der Waals surface area contributed by atoms with Crippen molar-refractivity contribution in [1.29, 1.82) is 0 Å². The molecule has 1 atom stereocenters. The van der Waals surface area contributed by atoms with Crippen LogP contribution in [0.5, 0.6) is 0 Å². The van der Waals surface area contributed by atoms with Gasteiger partial charge in [-0.15, -0.1) is 11.3 Å². The summed E-state index contributed by atoms with van der Waals surface area (Å²) in [5.74, 6) is -0.233. The van der Waals surface area contributed by atoms with E-state index in [9.17, 15) is 9.59 Å². The van der Waals surface area contributed by atoms with Crippen LogP contribution in [0.3, 0.4) is 0 Å². The summed E-state index contributed by atoms with van der Waals surface area (Å²) in [5.41, 5.74) is 4.18. The van der Waals surface area contributed by atoms with Crippen molar-refractivity contribution in [3.05, 3.63) is 87.8 Å². The van der Waals surface area contributed by atoms with E-state index in [0.29, 0.717) is 12.2 Å². The van der Waals surface area contributed by atoms with Crippen LogP contribution in [0.4, 0.5) is 5.00 Å². The molecule has 0 unspecified atom stereocenters. The van der Waals surface area contributed by atoms with Crippen molar-refractivity contribution < 1.29 is 14.3 Å². The first-order chi connectivity index (χ1) is 16.5. The van der Waals surface area contributed by atoms with E-state index in [-0.39, 0.29) is 23.8 Å². The van der Waals surface area contributed by atoms with E-state index in [2.05, 4.69) is 48.3 Å². The molecular formula is C28H32N2O3S. The van der Waals surface area contributed by atoms with Crippen molar-refractivity contribution in [2.24, 2.45) is 5.92 Å². The minimum atomic E-state index is -0.101. The van der Waals surface area contributed by atoms with Gasteiger partial charge in [-0.25, -0.2) is 0 Å². The molecule has 34 heavy (non-hydrogen) atoms.